The molecule has 0 unspecified atom stereocenters. The number of alkyl halides is 1. The van der Waals surface area contributed by atoms with Gasteiger partial charge in [-0.3, -0.25) is 4.79 Å². The van der Waals surface area contributed by atoms with Crippen molar-refractivity contribution in [2.45, 2.75) is 33.1 Å². The lowest BCUT2D eigenvalue weighted by molar-refractivity contribution is -0.142. The van der Waals surface area contributed by atoms with Crippen molar-refractivity contribution in [1.82, 2.24) is 0 Å². The van der Waals surface area contributed by atoms with Crippen molar-refractivity contribution in [2.24, 2.45) is 0 Å². The number of carbonyl (C=O) groups is 1. The smallest absolute Gasteiger partial charge is 0.310 e. The number of halogens is 1. The molecule has 3 heteroatoms. The molecule has 1 aromatic rings. The van der Waals surface area contributed by atoms with Gasteiger partial charge < -0.3 is 4.74 Å². The van der Waals surface area contributed by atoms with E-state index in [0.717, 1.165) is 24.0 Å². The predicted molar refractivity (Wildman–Crippen MR) is 70.6 cm³/mol. The average molecular weight is 255 g/mol. The Kier molecular flexibility index (Phi) is 6.06. The van der Waals surface area contributed by atoms with Crippen LogP contribution in [0.4, 0.5) is 0 Å². The van der Waals surface area contributed by atoms with Gasteiger partial charge in [0, 0.05) is 5.88 Å². The summed E-state index contributed by atoms with van der Waals surface area (Å²) in [5, 5.41) is 0. The first-order chi connectivity index (χ1) is 8.19. The molecule has 0 aromatic heterocycles. The van der Waals surface area contributed by atoms with Gasteiger partial charge in [-0.25, -0.2) is 0 Å². The highest BCUT2D eigenvalue weighted by molar-refractivity contribution is 6.17. The third-order valence-corrected chi connectivity index (χ3v) is 2.98. The Morgan fingerprint density at radius 3 is 2.82 bits per heavy atom. The van der Waals surface area contributed by atoms with E-state index in [4.69, 9.17) is 16.3 Å². The maximum atomic E-state index is 11.5. The Bertz CT molecular complexity index is 374. The second kappa shape index (κ2) is 7.33. The topological polar surface area (TPSA) is 26.3 Å². The second-order valence-electron chi connectivity index (χ2n) is 3.99. The first-order valence-electron chi connectivity index (χ1n) is 5.98. The van der Waals surface area contributed by atoms with Crippen LogP contribution in [0.2, 0.25) is 0 Å². The number of carbonyl (C=O) groups excluding carboxylic acids is 1. The van der Waals surface area contributed by atoms with Gasteiger partial charge in [0.25, 0.3) is 0 Å². The third kappa shape index (κ3) is 4.39. The fourth-order valence-corrected chi connectivity index (χ4v) is 2.00. The minimum Gasteiger partial charge on any atom is -0.466 e. The minimum absolute atomic E-state index is 0.158. The number of hydrogen-bond acceptors (Lipinski definition) is 2. The van der Waals surface area contributed by atoms with Gasteiger partial charge in [-0.05, 0) is 43.4 Å². The molecule has 0 heterocycles. The van der Waals surface area contributed by atoms with Crippen molar-refractivity contribution in [3.8, 4) is 0 Å². The fourth-order valence-electron chi connectivity index (χ4n) is 1.86. The summed E-state index contributed by atoms with van der Waals surface area (Å²) < 4.78 is 5.00. The van der Waals surface area contributed by atoms with E-state index >= 15 is 0 Å². The zero-order valence-electron chi connectivity index (χ0n) is 10.5. The molecule has 0 saturated carbocycles. The molecular weight excluding hydrogens is 236 g/mol. The van der Waals surface area contributed by atoms with Gasteiger partial charge in [0.15, 0.2) is 0 Å². The molecule has 0 aliphatic heterocycles. The molecule has 0 amide bonds. The molecule has 94 valence electrons. The Hall–Kier alpha value is -1.02. The van der Waals surface area contributed by atoms with Gasteiger partial charge in [0.1, 0.15) is 0 Å². The molecule has 0 bridgehead atoms. The van der Waals surface area contributed by atoms with Crippen LogP contribution in [0.5, 0.6) is 0 Å². The van der Waals surface area contributed by atoms with Crippen LogP contribution in [0.3, 0.4) is 0 Å². The van der Waals surface area contributed by atoms with Gasteiger partial charge in [-0.15, -0.1) is 11.6 Å². The van der Waals surface area contributed by atoms with Crippen molar-refractivity contribution >= 4 is 17.6 Å². The van der Waals surface area contributed by atoms with Crippen LogP contribution in [-0.2, 0) is 22.4 Å². The SMILES string of the molecule is CCOC(=O)Cc1c(C)cccc1CCCCl. The van der Waals surface area contributed by atoms with Gasteiger partial charge in [0.2, 0.25) is 0 Å². The highest BCUT2D eigenvalue weighted by Crippen LogP contribution is 2.17. The average Bonchev–Trinajstić information content (AvgIpc) is 2.30. The molecule has 0 spiro atoms. The number of esters is 1. The number of hydrogen-bond donors (Lipinski definition) is 0. The number of ether oxygens (including phenoxy) is 1. The molecule has 0 fully saturated rings. The molecule has 0 saturated heterocycles. The number of rotatable bonds is 6. The lowest BCUT2D eigenvalue weighted by Gasteiger charge is -2.11. The van der Waals surface area contributed by atoms with Crippen molar-refractivity contribution in [2.75, 3.05) is 12.5 Å². The fraction of sp³-hybridized carbons (Fsp3) is 0.500. The molecule has 0 aliphatic rings. The van der Waals surface area contributed by atoms with Crippen molar-refractivity contribution in [3.05, 3.63) is 34.9 Å². The van der Waals surface area contributed by atoms with Crippen molar-refractivity contribution in [3.63, 3.8) is 0 Å². The van der Waals surface area contributed by atoms with Crippen LogP contribution in [0.25, 0.3) is 0 Å². The Morgan fingerprint density at radius 1 is 1.41 bits per heavy atom. The zero-order chi connectivity index (χ0) is 12.7. The molecular formula is C14H19ClO2. The maximum absolute atomic E-state index is 11.5. The molecule has 1 aromatic carbocycles. The Morgan fingerprint density at radius 2 is 2.18 bits per heavy atom. The molecule has 17 heavy (non-hydrogen) atoms. The van der Waals surface area contributed by atoms with Crippen LogP contribution in [0.15, 0.2) is 18.2 Å². The molecule has 0 N–H and O–H groups in total. The van der Waals surface area contributed by atoms with E-state index in [1.54, 1.807) is 0 Å². The molecule has 0 atom stereocenters. The van der Waals surface area contributed by atoms with Gasteiger partial charge in [-0.1, -0.05) is 18.2 Å². The lowest BCUT2D eigenvalue weighted by Crippen LogP contribution is -2.10. The van der Waals surface area contributed by atoms with E-state index in [1.165, 1.54) is 5.56 Å². The molecule has 0 aliphatic carbocycles. The molecule has 2 nitrogen and oxygen atoms in total. The summed E-state index contributed by atoms with van der Waals surface area (Å²) in [5.74, 6) is 0.487. The third-order valence-electron chi connectivity index (χ3n) is 2.71. The standard InChI is InChI=1S/C14H19ClO2/c1-3-17-14(16)10-13-11(2)6-4-7-12(13)8-5-9-15/h4,6-7H,3,5,8-10H2,1-2H3. The largest absolute Gasteiger partial charge is 0.466 e. The maximum Gasteiger partial charge on any atom is 0.310 e. The van der Waals surface area contributed by atoms with Crippen LogP contribution < -0.4 is 0 Å². The van der Waals surface area contributed by atoms with Gasteiger partial charge >= 0.3 is 5.97 Å². The van der Waals surface area contributed by atoms with Gasteiger partial charge in [-0.2, -0.15) is 0 Å². The highest BCUT2D eigenvalue weighted by atomic mass is 35.5. The minimum atomic E-state index is -0.158. The summed E-state index contributed by atoms with van der Waals surface area (Å²) in [6.45, 7) is 4.28. The van der Waals surface area contributed by atoms with Gasteiger partial charge in [0.05, 0.1) is 13.0 Å². The normalized spacial score (nSPS) is 10.3. The highest BCUT2D eigenvalue weighted by Gasteiger charge is 2.10. The van der Waals surface area contributed by atoms with E-state index in [2.05, 4.69) is 6.07 Å². The molecule has 0 radical (unpaired) electrons. The van der Waals surface area contributed by atoms with Crippen LogP contribution in [0.1, 0.15) is 30.0 Å². The van der Waals surface area contributed by atoms with Crippen LogP contribution >= 0.6 is 11.6 Å². The van der Waals surface area contributed by atoms with Crippen LogP contribution in [0, 0.1) is 6.92 Å². The quantitative estimate of drug-likeness (QED) is 0.575. The van der Waals surface area contributed by atoms with Crippen molar-refractivity contribution < 1.29 is 9.53 Å². The lowest BCUT2D eigenvalue weighted by atomic mass is 9.96. The van der Waals surface area contributed by atoms with E-state index in [9.17, 15) is 4.79 Å². The van der Waals surface area contributed by atoms with Crippen molar-refractivity contribution in [1.29, 1.82) is 0 Å². The zero-order valence-corrected chi connectivity index (χ0v) is 11.2. The van der Waals surface area contributed by atoms with E-state index in [1.807, 2.05) is 26.0 Å². The first-order valence-corrected chi connectivity index (χ1v) is 6.51. The summed E-state index contributed by atoms with van der Waals surface area (Å²) in [6.07, 6.45) is 2.21. The summed E-state index contributed by atoms with van der Waals surface area (Å²) in [6, 6.07) is 6.11. The Balaban J connectivity index is 2.83. The Labute approximate surface area is 108 Å². The van der Waals surface area contributed by atoms with Crippen LogP contribution in [-0.4, -0.2) is 18.5 Å². The predicted octanol–water partition coefficient (Wildman–Crippen LogP) is 3.27. The van der Waals surface area contributed by atoms with E-state index in [0.29, 0.717) is 18.9 Å². The summed E-state index contributed by atoms with van der Waals surface area (Å²) in [7, 11) is 0. The van der Waals surface area contributed by atoms with E-state index in [-0.39, 0.29) is 5.97 Å². The summed E-state index contributed by atoms with van der Waals surface area (Å²) in [4.78, 5) is 11.5. The number of benzene rings is 1. The summed E-state index contributed by atoms with van der Waals surface area (Å²) >= 11 is 5.71. The number of aryl methyl sites for hydroxylation is 2. The first kappa shape index (κ1) is 14.0. The summed E-state index contributed by atoms with van der Waals surface area (Å²) in [5.41, 5.74) is 3.44. The van der Waals surface area contributed by atoms with E-state index < -0.39 is 0 Å². The molecule has 1 rings (SSSR count). The monoisotopic (exact) mass is 254 g/mol. The second-order valence-corrected chi connectivity index (χ2v) is 4.36.